The lowest BCUT2D eigenvalue weighted by Crippen LogP contribution is -2.20. The molecule has 0 amide bonds. The minimum absolute atomic E-state index is 0.162. The fourth-order valence-corrected chi connectivity index (χ4v) is 1.56. The first kappa shape index (κ1) is 13.3. The predicted octanol–water partition coefficient (Wildman–Crippen LogP) is 3.40. The van der Waals surface area contributed by atoms with Gasteiger partial charge in [0.05, 0.1) is 0 Å². The minimum atomic E-state index is -2.79. The largest absolute Gasteiger partial charge is 0.435 e. The summed E-state index contributed by atoms with van der Waals surface area (Å²) in [7, 11) is 0. The Balaban J connectivity index is 1.80. The number of ether oxygens (including phenoxy) is 1. The summed E-state index contributed by atoms with van der Waals surface area (Å²) in [5.74, 6) is 0.162. The van der Waals surface area contributed by atoms with E-state index in [4.69, 9.17) is 0 Å². The van der Waals surface area contributed by atoms with Gasteiger partial charge in [0.25, 0.3) is 0 Å². The molecule has 0 spiro atoms. The van der Waals surface area contributed by atoms with E-state index in [2.05, 4.69) is 15.6 Å². The number of benzene rings is 2. The Morgan fingerprint density at radius 2 is 1.63 bits per heavy atom. The Labute approximate surface area is 110 Å². The van der Waals surface area contributed by atoms with Crippen molar-refractivity contribution in [3.05, 3.63) is 60.2 Å². The molecule has 0 aliphatic rings. The number of hydrazine groups is 1. The van der Waals surface area contributed by atoms with Gasteiger partial charge in [-0.15, -0.1) is 0 Å². The van der Waals surface area contributed by atoms with Crippen LogP contribution < -0.4 is 15.6 Å². The van der Waals surface area contributed by atoms with Crippen molar-refractivity contribution in [2.45, 2.75) is 13.2 Å². The molecule has 100 valence electrons. The Hall–Kier alpha value is -2.14. The molecule has 0 aliphatic carbocycles. The normalized spacial score (nSPS) is 10.5. The second-order valence-corrected chi connectivity index (χ2v) is 3.87. The van der Waals surface area contributed by atoms with Gasteiger partial charge in [0.15, 0.2) is 0 Å². The highest BCUT2D eigenvalue weighted by atomic mass is 19.3. The Morgan fingerprint density at radius 1 is 0.947 bits per heavy atom. The summed E-state index contributed by atoms with van der Waals surface area (Å²) in [5, 5.41) is 0. The van der Waals surface area contributed by atoms with Crippen LogP contribution in [0.15, 0.2) is 54.6 Å². The molecule has 3 nitrogen and oxygen atoms in total. The molecule has 0 aromatic heterocycles. The molecule has 0 aliphatic heterocycles. The first-order valence-corrected chi connectivity index (χ1v) is 5.82. The van der Waals surface area contributed by atoms with Crippen molar-refractivity contribution in [2.75, 3.05) is 5.43 Å². The van der Waals surface area contributed by atoms with Crippen LogP contribution in [0.25, 0.3) is 0 Å². The van der Waals surface area contributed by atoms with Gasteiger partial charge in [0.2, 0.25) is 0 Å². The standard InChI is InChI=1S/C14H14F2N2O/c15-14(16)19-13-8-6-11(7-9-13)10-17-18-12-4-2-1-3-5-12/h1-9,14,17-18H,10H2. The van der Waals surface area contributed by atoms with Crippen molar-refractivity contribution in [1.29, 1.82) is 0 Å². The first-order valence-electron chi connectivity index (χ1n) is 5.82. The van der Waals surface area contributed by atoms with Crippen molar-refractivity contribution in [2.24, 2.45) is 0 Å². The first-order chi connectivity index (χ1) is 9.24. The van der Waals surface area contributed by atoms with Crippen LogP contribution in [0, 0.1) is 0 Å². The Kier molecular flexibility index (Phi) is 4.69. The third-order valence-electron chi connectivity index (χ3n) is 2.45. The quantitative estimate of drug-likeness (QED) is 0.784. The van der Waals surface area contributed by atoms with E-state index in [1.807, 2.05) is 30.3 Å². The molecule has 19 heavy (non-hydrogen) atoms. The summed E-state index contributed by atoms with van der Waals surface area (Å²) in [4.78, 5) is 0. The Bertz CT molecular complexity index is 489. The van der Waals surface area contributed by atoms with Gasteiger partial charge in [0.1, 0.15) is 5.75 Å². The average Bonchev–Trinajstić information content (AvgIpc) is 2.41. The van der Waals surface area contributed by atoms with Crippen molar-refractivity contribution in [3.8, 4) is 5.75 Å². The Morgan fingerprint density at radius 3 is 2.26 bits per heavy atom. The summed E-state index contributed by atoms with van der Waals surface area (Å²) >= 11 is 0. The molecule has 2 aromatic rings. The SMILES string of the molecule is FC(F)Oc1ccc(CNNc2ccccc2)cc1. The maximum Gasteiger partial charge on any atom is 0.387 e. The summed E-state index contributed by atoms with van der Waals surface area (Å²) in [6, 6.07) is 16.2. The highest BCUT2D eigenvalue weighted by Gasteiger charge is 2.03. The van der Waals surface area contributed by atoms with Crippen molar-refractivity contribution >= 4 is 5.69 Å². The van der Waals surface area contributed by atoms with E-state index in [1.54, 1.807) is 12.1 Å². The van der Waals surface area contributed by atoms with E-state index in [9.17, 15) is 8.78 Å². The van der Waals surface area contributed by atoms with Crippen LogP contribution in [0.3, 0.4) is 0 Å². The second-order valence-electron chi connectivity index (χ2n) is 3.87. The number of rotatable bonds is 6. The second kappa shape index (κ2) is 6.70. The van der Waals surface area contributed by atoms with Gasteiger partial charge in [0, 0.05) is 12.2 Å². The number of hydrogen-bond acceptors (Lipinski definition) is 3. The van der Waals surface area contributed by atoms with Crippen LogP contribution in [-0.2, 0) is 6.54 Å². The number of alkyl halides is 2. The highest BCUT2D eigenvalue weighted by Crippen LogP contribution is 2.14. The summed E-state index contributed by atoms with van der Waals surface area (Å²) < 4.78 is 28.2. The molecule has 0 saturated carbocycles. The third kappa shape index (κ3) is 4.56. The van der Waals surface area contributed by atoms with Crippen LogP contribution >= 0.6 is 0 Å². The zero-order chi connectivity index (χ0) is 13.5. The topological polar surface area (TPSA) is 33.3 Å². The monoisotopic (exact) mass is 264 g/mol. The molecule has 0 radical (unpaired) electrons. The van der Waals surface area contributed by atoms with E-state index in [-0.39, 0.29) is 5.75 Å². The van der Waals surface area contributed by atoms with E-state index in [0.29, 0.717) is 6.54 Å². The lowest BCUT2D eigenvalue weighted by molar-refractivity contribution is -0.0498. The highest BCUT2D eigenvalue weighted by molar-refractivity contribution is 5.41. The molecule has 0 atom stereocenters. The number of nitrogens with one attached hydrogen (secondary N) is 2. The minimum Gasteiger partial charge on any atom is -0.435 e. The molecular formula is C14H14F2N2O. The van der Waals surface area contributed by atoms with Crippen LogP contribution in [0.2, 0.25) is 0 Å². The van der Waals surface area contributed by atoms with E-state index >= 15 is 0 Å². The van der Waals surface area contributed by atoms with Crippen molar-refractivity contribution in [3.63, 3.8) is 0 Å². The zero-order valence-electron chi connectivity index (χ0n) is 10.1. The molecule has 5 heteroatoms. The van der Waals surface area contributed by atoms with Crippen molar-refractivity contribution < 1.29 is 13.5 Å². The fourth-order valence-electron chi connectivity index (χ4n) is 1.56. The summed E-state index contributed by atoms with van der Waals surface area (Å²) in [6.07, 6.45) is 0. The maximum absolute atomic E-state index is 12.0. The van der Waals surface area contributed by atoms with E-state index in [1.165, 1.54) is 12.1 Å². The predicted molar refractivity (Wildman–Crippen MR) is 70.0 cm³/mol. The number of hydrogen-bond donors (Lipinski definition) is 2. The van der Waals surface area contributed by atoms with E-state index in [0.717, 1.165) is 11.3 Å². The van der Waals surface area contributed by atoms with Gasteiger partial charge >= 0.3 is 6.61 Å². The molecule has 2 N–H and O–H groups in total. The number of anilines is 1. The van der Waals surface area contributed by atoms with Crippen LogP contribution in [0.4, 0.5) is 14.5 Å². The maximum atomic E-state index is 12.0. The molecule has 2 rings (SSSR count). The lowest BCUT2D eigenvalue weighted by Gasteiger charge is -2.09. The number of para-hydroxylation sites is 1. The third-order valence-corrected chi connectivity index (χ3v) is 2.45. The van der Waals surface area contributed by atoms with Crippen molar-refractivity contribution in [1.82, 2.24) is 5.43 Å². The zero-order valence-corrected chi connectivity index (χ0v) is 10.1. The molecule has 0 heterocycles. The molecule has 0 fully saturated rings. The van der Waals surface area contributed by atoms with Gasteiger partial charge in [-0.1, -0.05) is 30.3 Å². The molecular weight excluding hydrogens is 250 g/mol. The number of halogens is 2. The van der Waals surface area contributed by atoms with Crippen LogP contribution in [0.5, 0.6) is 5.75 Å². The summed E-state index contributed by atoms with van der Waals surface area (Å²) in [5.41, 5.74) is 8.00. The van der Waals surface area contributed by atoms with Gasteiger partial charge in [-0.3, -0.25) is 0 Å². The van der Waals surface area contributed by atoms with Crippen LogP contribution in [0.1, 0.15) is 5.56 Å². The summed E-state index contributed by atoms with van der Waals surface area (Å²) in [6.45, 7) is -2.21. The van der Waals surface area contributed by atoms with Gasteiger partial charge < -0.3 is 10.2 Å². The van der Waals surface area contributed by atoms with Crippen LogP contribution in [-0.4, -0.2) is 6.61 Å². The molecule has 0 bridgehead atoms. The lowest BCUT2D eigenvalue weighted by atomic mass is 10.2. The fraction of sp³-hybridized carbons (Fsp3) is 0.143. The molecule has 0 unspecified atom stereocenters. The average molecular weight is 264 g/mol. The smallest absolute Gasteiger partial charge is 0.387 e. The van der Waals surface area contributed by atoms with Gasteiger partial charge in [-0.05, 0) is 29.8 Å². The molecule has 2 aromatic carbocycles. The van der Waals surface area contributed by atoms with Gasteiger partial charge in [-0.25, -0.2) is 5.43 Å². The van der Waals surface area contributed by atoms with E-state index < -0.39 is 6.61 Å². The van der Waals surface area contributed by atoms with Gasteiger partial charge in [-0.2, -0.15) is 8.78 Å². The molecule has 0 saturated heterocycles.